The zero-order chi connectivity index (χ0) is 25.7. The number of carbonyl (C=O) groups is 1. The maximum absolute atomic E-state index is 13.0. The summed E-state index contributed by atoms with van der Waals surface area (Å²) < 4.78 is 11.4. The summed E-state index contributed by atoms with van der Waals surface area (Å²) in [6.45, 7) is 2.90. The van der Waals surface area contributed by atoms with Crippen molar-refractivity contribution >= 4 is 12.0 Å². The predicted molar refractivity (Wildman–Crippen MR) is 148 cm³/mol. The largest absolute Gasteiger partial charge is 0.497 e. The van der Waals surface area contributed by atoms with Gasteiger partial charge >= 0.3 is 0 Å². The lowest BCUT2D eigenvalue weighted by Crippen LogP contribution is -2.50. The smallest absolute Gasteiger partial charge is 0.224 e. The Morgan fingerprint density at radius 1 is 0.973 bits per heavy atom. The van der Waals surface area contributed by atoms with E-state index in [-0.39, 0.29) is 23.5 Å². The SMILES string of the molecule is COc1ccc(C=CCN2CCC3(CC2)c2ccccc2[C@@H](NC(=O)Cc2ccccc2)[C@@H]3OC)cc1. The fourth-order valence-corrected chi connectivity index (χ4v) is 6.12. The highest BCUT2D eigenvalue weighted by Gasteiger charge is 2.53. The molecule has 0 saturated carbocycles. The van der Waals surface area contributed by atoms with Crippen LogP contribution in [0.2, 0.25) is 0 Å². The van der Waals surface area contributed by atoms with Crippen LogP contribution in [0.3, 0.4) is 0 Å². The first kappa shape index (κ1) is 25.2. The minimum absolute atomic E-state index is 0.0335. The van der Waals surface area contributed by atoms with Crippen LogP contribution < -0.4 is 10.1 Å². The molecule has 1 heterocycles. The lowest BCUT2D eigenvalue weighted by atomic mass is 9.72. The molecule has 5 nitrogen and oxygen atoms in total. The Balaban J connectivity index is 1.26. The summed E-state index contributed by atoms with van der Waals surface area (Å²) in [6, 6.07) is 26.5. The first-order valence-corrected chi connectivity index (χ1v) is 13.1. The molecule has 3 aromatic carbocycles. The number of methoxy groups -OCH3 is 2. The number of rotatable bonds is 8. The average Bonchev–Trinajstić information content (AvgIpc) is 3.18. The Bertz CT molecular complexity index is 1210. The van der Waals surface area contributed by atoms with E-state index >= 15 is 0 Å². The van der Waals surface area contributed by atoms with Crippen molar-refractivity contribution in [3.63, 3.8) is 0 Å². The second-order valence-corrected chi connectivity index (χ2v) is 10.1. The van der Waals surface area contributed by atoms with Gasteiger partial charge in [0.2, 0.25) is 5.91 Å². The van der Waals surface area contributed by atoms with E-state index in [2.05, 4.69) is 58.8 Å². The van der Waals surface area contributed by atoms with E-state index in [0.29, 0.717) is 6.42 Å². The zero-order valence-electron chi connectivity index (χ0n) is 21.7. The molecule has 1 aliphatic carbocycles. The lowest BCUT2D eigenvalue weighted by Gasteiger charge is -2.44. The molecule has 5 rings (SSSR count). The molecule has 2 aliphatic rings. The number of amides is 1. The number of hydrogen-bond acceptors (Lipinski definition) is 4. The van der Waals surface area contributed by atoms with Crippen LogP contribution in [0, 0.1) is 0 Å². The van der Waals surface area contributed by atoms with E-state index in [1.165, 1.54) is 16.7 Å². The van der Waals surface area contributed by atoms with Crippen LogP contribution in [0.15, 0.2) is 84.9 Å². The quantitative estimate of drug-likeness (QED) is 0.468. The number of benzene rings is 3. The number of piperidine rings is 1. The molecule has 0 bridgehead atoms. The van der Waals surface area contributed by atoms with Gasteiger partial charge in [0.25, 0.3) is 0 Å². The minimum atomic E-state index is -0.140. The number of nitrogens with one attached hydrogen (secondary N) is 1. The molecule has 1 N–H and O–H groups in total. The summed E-state index contributed by atoms with van der Waals surface area (Å²) in [4.78, 5) is 15.5. The normalized spacial score (nSPS) is 20.7. The van der Waals surface area contributed by atoms with E-state index in [1.54, 1.807) is 14.2 Å². The molecule has 1 spiro atoms. The zero-order valence-corrected chi connectivity index (χ0v) is 21.7. The first-order chi connectivity index (χ1) is 18.1. The van der Waals surface area contributed by atoms with Crippen LogP contribution in [0.1, 0.15) is 41.1 Å². The fraction of sp³-hybridized carbons (Fsp3) is 0.344. The van der Waals surface area contributed by atoms with Gasteiger partial charge in [-0.15, -0.1) is 0 Å². The van der Waals surface area contributed by atoms with Gasteiger partial charge in [-0.2, -0.15) is 0 Å². The van der Waals surface area contributed by atoms with E-state index in [9.17, 15) is 4.79 Å². The molecule has 1 fully saturated rings. The van der Waals surface area contributed by atoms with Gasteiger partial charge in [-0.1, -0.05) is 78.9 Å². The molecule has 1 amide bonds. The molecule has 192 valence electrons. The maximum atomic E-state index is 13.0. The van der Waals surface area contributed by atoms with Crippen molar-refractivity contribution in [3.8, 4) is 5.75 Å². The van der Waals surface area contributed by atoms with Crippen molar-refractivity contribution in [1.82, 2.24) is 10.2 Å². The molecule has 3 aromatic rings. The van der Waals surface area contributed by atoms with Gasteiger partial charge in [0.05, 0.1) is 25.7 Å². The van der Waals surface area contributed by atoms with E-state index < -0.39 is 0 Å². The molecule has 5 heteroatoms. The van der Waals surface area contributed by atoms with Crippen LogP contribution >= 0.6 is 0 Å². The highest BCUT2D eigenvalue weighted by atomic mass is 16.5. The average molecular weight is 497 g/mol. The monoisotopic (exact) mass is 496 g/mol. The van der Waals surface area contributed by atoms with Gasteiger partial charge in [-0.05, 0) is 60.3 Å². The van der Waals surface area contributed by atoms with Gasteiger partial charge < -0.3 is 14.8 Å². The van der Waals surface area contributed by atoms with Crippen LogP contribution in [0.5, 0.6) is 5.75 Å². The van der Waals surface area contributed by atoms with Crippen LogP contribution in [0.4, 0.5) is 0 Å². The second-order valence-electron chi connectivity index (χ2n) is 10.1. The molecule has 37 heavy (non-hydrogen) atoms. The number of fused-ring (bicyclic) bond motifs is 2. The highest BCUT2D eigenvalue weighted by Crippen LogP contribution is 2.52. The van der Waals surface area contributed by atoms with Crippen molar-refractivity contribution in [1.29, 1.82) is 0 Å². The Morgan fingerprint density at radius 3 is 2.38 bits per heavy atom. The van der Waals surface area contributed by atoms with E-state index in [0.717, 1.165) is 43.8 Å². The molecular weight excluding hydrogens is 460 g/mol. The third-order valence-corrected chi connectivity index (χ3v) is 8.00. The van der Waals surface area contributed by atoms with E-state index in [4.69, 9.17) is 9.47 Å². The summed E-state index contributed by atoms with van der Waals surface area (Å²) in [6.07, 6.45) is 6.71. The van der Waals surface area contributed by atoms with Crippen molar-refractivity contribution in [3.05, 3.63) is 107 Å². The molecule has 0 aromatic heterocycles. The topological polar surface area (TPSA) is 50.8 Å². The van der Waals surface area contributed by atoms with Crippen LogP contribution in [0.25, 0.3) is 6.08 Å². The Hall–Kier alpha value is -3.41. The lowest BCUT2D eigenvalue weighted by molar-refractivity contribution is -0.122. The standard InChI is InChI=1S/C32H36N2O3/c1-36-26-16-14-24(15-17-26)11-8-20-34-21-18-32(19-22-34)28-13-7-6-12-27(28)30(31(32)37-2)33-29(35)23-25-9-4-3-5-10-25/h3-17,30-31H,18-23H2,1-2H3,(H,33,35)/t30-,31+/m1/s1. The number of hydrogen-bond donors (Lipinski definition) is 1. The molecule has 0 unspecified atom stereocenters. The summed E-state index contributed by atoms with van der Waals surface area (Å²) in [5.74, 6) is 0.906. The molecule has 2 atom stereocenters. The van der Waals surface area contributed by atoms with Gasteiger partial charge in [-0.25, -0.2) is 0 Å². The number of ether oxygens (including phenoxy) is 2. The third-order valence-electron chi connectivity index (χ3n) is 8.00. The maximum Gasteiger partial charge on any atom is 0.224 e. The number of carbonyl (C=O) groups excluding carboxylic acids is 1. The highest BCUT2D eigenvalue weighted by molar-refractivity contribution is 5.79. The van der Waals surface area contributed by atoms with Crippen molar-refractivity contribution in [2.24, 2.45) is 0 Å². The minimum Gasteiger partial charge on any atom is -0.497 e. The second kappa shape index (κ2) is 11.3. The summed E-state index contributed by atoms with van der Waals surface area (Å²) in [5.41, 5.74) is 4.63. The first-order valence-electron chi connectivity index (χ1n) is 13.1. The van der Waals surface area contributed by atoms with Gasteiger partial charge in [0.1, 0.15) is 5.75 Å². The molecule has 0 radical (unpaired) electrons. The van der Waals surface area contributed by atoms with Crippen molar-refractivity contribution in [2.75, 3.05) is 33.9 Å². The Labute approximate surface area is 220 Å². The third kappa shape index (κ3) is 5.34. The van der Waals surface area contributed by atoms with Crippen molar-refractivity contribution in [2.45, 2.75) is 36.8 Å². The molecule has 1 saturated heterocycles. The van der Waals surface area contributed by atoms with Crippen molar-refractivity contribution < 1.29 is 14.3 Å². The van der Waals surface area contributed by atoms with Gasteiger partial charge in [0.15, 0.2) is 0 Å². The van der Waals surface area contributed by atoms with E-state index in [1.807, 2.05) is 42.5 Å². The Morgan fingerprint density at radius 2 is 1.68 bits per heavy atom. The van der Waals surface area contributed by atoms with Crippen LogP contribution in [-0.4, -0.2) is 50.8 Å². The summed E-state index contributed by atoms with van der Waals surface area (Å²) in [5, 5.41) is 3.33. The predicted octanol–water partition coefficient (Wildman–Crippen LogP) is 5.17. The molecule has 1 aliphatic heterocycles. The van der Waals surface area contributed by atoms with Gasteiger partial charge in [0, 0.05) is 19.1 Å². The fourth-order valence-electron chi connectivity index (χ4n) is 6.12. The Kier molecular flexibility index (Phi) is 7.73. The number of nitrogens with zero attached hydrogens (tertiary/aromatic N) is 1. The molecular formula is C32H36N2O3. The van der Waals surface area contributed by atoms with Crippen LogP contribution in [-0.2, 0) is 21.4 Å². The van der Waals surface area contributed by atoms with Gasteiger partial charge in [-0.3, -0.25) is 9.69 Å². The summed E-state index contributed by atoms with van der Waals surface area (Å²) >= 11 is 0. The summed E-state index contributed by atoms with van der Waals surface area (Å²) in [7, 11) is 3.48. The number of likely N-dealkylation sites (tertiary alicyclic amines) is 1.